The van der Waals surface area contributed by atoms with Crippen molar-refractivity contribution >= 4 is 5.69 Å². The first-order valence-electron chi connectivity index (χ1n) is 6.81. The number of hydrogen-bond acceptors (Lipinski definition) is 3. The molecule has 3 nitrogen and oxygen atoms in total. The molecule has 0 aromatic heterocycles. The minimum Gasteiger partial charge on any atom is -0.377 e. The molecule has 1 atom stereocenters. The van der Waals surface area contributed by atoms with Gasteiger partial charge >= 0.3 is 0 Å². The highest BCUT2D eigenvalue weighted by atomic mass is 16.5. The molecule has 100 valence electrons. The summed E-state index contributed by atoms with van der Waals surface area (Å²) in [6.07, 6.45) is 1.42. The van der Waals surface area contributed by atoms with Crippen LogP contribution in [-0.4, -0.2) is 32.8 Å². The predicted octanol–water partition coefficient (Wildman–Crippen LogP) is 2.33. The number of aryl methyl sites for hydroxylation is 1. The molecule has 1 heterocycles. The van der Waals surface area contributed by atoms with Gasteiger partial charge in [-0.2, -0.15) is 0 Å². The summed E-state index contributed by atoms with van der Waals surface area (Å²) in [5, 5.41) is 3.26. The highest BCUT2D eigenvalue weighted by molar-refractivity contribution is 5.55. The summed E-state index contributed by atoms with van der Waals surface area (Å²) in [6, 6.07) is 6.73. The topological polar surface area (TPSA) is 24.5 Å². The zero-order valence-electron chi connectivity index (χ0n) is 11.7. The van der Waals surface area contributed by atoms with Crippen LogP contribution in [0, 0.1) is 6.92 Å². The van der Waals surface area contributed by atoms with E-state index in [9.17, 15) is 0 Å². The van der Waals surface area contributed by atoms with Crippen LogP contribution in [0.5, 0.6) is 0 Å². The fourth-order valence-electron chi connectivity index (χ4n) is 2.57. The van der Waals surface area contributed by atoms with Crippen molar-refractivity contribution in [2.24, 2.45) is 0 Å². The smallest absolute Gasteiger partial charge is 0.0721 e. The predicted molar refractivity (Wildman–Crippen MR) is 76.2 cm³/mol. The maximum Gasteiger partial charge on any atom is 0.0721 e. The van der Waals surface area contributed by atoms with Crippen LogP contribution in [0.25, 0.3) is 0 Å². The Balaban J connectivity index is 2.24. The molecule has 1 unspecified atom stereocenters. The summed E-state index contributed by atoms with van der Waals surface area (Å²) in [5.41, 5.74) is 4.06. The zero-order valence-corrected chi connectivity index (χ0v) is 11.7. The van der Waals surface area contributed by atoms with Crippen LogP contribution < -0.4 is 10.2 Å². The summed E-state index contributed by atoms with van der Waals surface area (Å²) in [5.74, 6) is 0. The van der Waals surface area contributed by atoms with Crippen LogP contribution >= 0.6 is 0 Å². The average Bonchev–Trinajstić information content (AvgIpc) is 2.54. The van der Waals surface area contributed by atoms with Gasteiger partial charge in [0.15, 0.2) is 0 Å². The van der Waals surface area contributed by atoms with Crippen molar-refractivity contribution in [3.63, 3.8) is 0 Å². The first-order valence-corrected chi connectivity index (χ1v) is 6.81. The van der Waals surface area contributed by atoms with E-state index in [4.69, 9.17) is 4.74 Å². The van der Waals surface area contributed by atoms with Gasteiger partial charge in [0.05, 0.1) is 6.10 Å². The van der Waals surface area contributed by atoms with Gasteiger partial charge in [-0.1, -0.05) is 17.7 Å². The number of benzene rings is 1. The Morgan fingerprint density at radius 1 is 1.44 bits per heavy atom. The summed E-state index contributed by atoms with van der Waals surface area (Å²) in [6.45, 7) is 8.18. The van der Waals surface area contributed by atoms with Crippen LogP contribution in [0.4, 0.5) is 5.69 Å². The van der Waals surface area contributed by atoms with Crippen LogP contribution in [-0.2, 0) is 11.3 Å². The maximum atomic E-state index is 5.72. The Bertz CT molecular complexity index is 392. The van der Waals surface area contributed by atoms with Crippen molar-refractivity contribution in [1.82, 2.24) is 5.32 Å². The third kappa shape index (κ3) is 3.24. The van der Waals surface area contributed by atoms with Crippen molar-refractivity contribution in [2.45, 2.75) is 32.9 Å². The van der Waals surface area contributed by atoms with Gasteiger partial charge in [-0.05, 0) is 38.9 Å². The molecule has 0 saturated carbocycles. The van der Waals surface area contributed by atoms with Gasteiger partial charge in [-0.25, -0.2) is 0 Å². The molecule has 18 heavy (non-hydrogen) atoms. The molecule has 0 bridgehead atoms. The fourth-order valence-corrected chi connectivity index (χ4v) is 2.57. The molecule has 1 N–H and O–H groups in total. The van der Waals surface area contributed by atoms with Crippen molar-refractivity contribution in [2.75, 3.05) is 31.6 Å². The van der Waals surface area contributed by atoms with E-state index in [1.807, 2.05) is 7.05 Å². The molecule has 3 heteroatoms. The molecule has 1 fully saturated rings. The number of nitrogens with zero attached hydrogens (tertiary/aromatic N) is 1. The standard InChI is InChI=1S/C15H24N2O/c1-12-5-6-15(14(9-12)10-16-3)17-7-4-8-18-13(2)11-17/h5-6,9,13,16H,4,7-8,10-11H2,1-3H3. The van der Waals surface area contributed by atoms with Gasteiger partial charge in [0, 0.05) is 31.9 Å². The van der Waals surface area contributed by atoms with Crippen LogP contribution in [0.3, 0.4) is 0 Å². The molecule has 0 radical (unpaired) electrons. The summed E-state index contributed by atoms with van der Waals surface area (Å²) in [7, 11) is 2.00. The first-order chi connectivity index (χ1) is 8.70. The van der Waals surface area contributed by atoms with Gasteiger partial charge in [-0.3, -0.25) is 0 Å². The second-order valence-corrected chi connectivity index (χ2v) is 5.14. The summed E-state index contributed by atoms with van der Waals surface area (Å²) >= 11 is 0. The maximum absolute atomic E-state index is 5.72. The second kappa shape index (κ2) is 6.21. The van der Waals surface area contributed by atoms with Crippen LogP contribution in [0.2, 0.25) is 0 Å². The van der Waals surface area contributed by atoms with E-state index in [0.29, 0.717) is 6.10 Å². The summed E-state index contributed by atoms with van der Waals surface area (Å²) in [4.78, 5) is 2.46. The monoisotopic (exact) mass is 248 g/mol. The molecule has 1 saturated heterocycles. The number of hydrogen-bond donors (Lipinski definition) is 1. The van der Waals surface area contributed by atoms with Gasteiger partial charge in [0.2, 0.25) is 0 Å². The van der Waals surface area contributed by atoms with Crippen molar-refractivity contribution in [1.29, 1.82) is 0 Å². The van der Waals surface area contributed by atoms with Crippen LogP contribution in [0.15, 0.2) is 18.2 Å². The Morgan fingerprint density at radius 2 is 2.28 bits per heavy atom. The lowest BCUT2D eigenvalue weighted by molar-refractivity contribution is 0.0821. The average molecular weight is 248 g/mol. The molecule has 0 aliphatic carbocycles. The number of anilines is 1. The molecule has 2 rings (SSSR count). The zero-order chi connectivity index (χ0) is 13.0. The Morgan fingerprint density at radius 3 is 3.06 bits per heavy atom. The van der Waals surface area contributed by atoms with Crippen molar-refractivity contribution in [3.05, 3.63) is 29.3 Å². The quantitative estimate of drug-likeness (QED) is 0.888. The van der Waals surface area contributed by atoms with Gasteiger partial charge in [0.25, 0.3) is 0 Å². The third-order valence-corrected chi connectivity index (χ3v) is 3.40. The Kier molecular flexibility index (Phi) is 4.61. The van der Waals surface area contributed by atoms with Gasteiger partial charge < -0.3 is 15.0 Å². The first kappa shape index (κ1) is 13.4. The van der Waals surface area contributed by atoms with E-state index < -0.39 is 0 Å². The lowest BCUT2D eigenvalue weighted by Crippen LogP contribution is -2.31. The minimum atomic E-state index is 0.316. The lowest BCUT2D eigenvalue weighted by atomic mass is 10.1. The molecule has 1 aromatic rings. The minimum absolute atomic E-state index is 0.316. The largest absolute Gasteiger partial charge is 0.377 e. The lowest BCUT2D eigenvalue weighted by Gasteiger charge is -2.27. The van der Waals surface area contributed by atoms with E-state index in [-0.39, 0.29) is 0 Å². The molecule has 0 amide bonds. The Hall–Kier alpha value is -1.06. The highest BCUT2D eigenvalue weighted by Crippen LogP contribution is 2.24. The van der Waals surface area contributed by atoms with E-state index >= 15 is 0 Å². The number of ether oxygens (including phenoxy) is 1. The molecular formula is C15H24N2O. The molecule has 1 aromatic carbocycles. The second-order valence-electron chi connectivity index (χ2n) is 5.14. The number of nitrogens with one attached hydrogen (secondary N) is 1. The van der Waals surface area contributed by atoms with Gasteiger partial charge in [-0.15, -0.1) is 0 Å². The van der Waals surface area contributed by atoms with Crippen LogP contribution in [0.1, 0.15) is 24.5 Å². The highest BCUT2D eigenvalue weighted by Gasteiger charge is 2.17. The third-order valence-electron chi connectivity index (χ3n) is 3.40. The van der Waals surface area contributed by atoms with E-state index in [0.717, 1.165) is 32.7 Å². The normalized spacial score (nSPS) is 20.8. The molecule has 0 spiro atoms. The van der Waals surface area contributed by atoms with E-state index in [2.05, 4.69) is 42.3 Å². The Labute approximate surface area is 110 Å². The number of rotatable bonds is 3. The van der Waals surface area contributed by atoms with Gasteiger partial charge in [0.1, 0.15) is 0 Å². The molecule has 1 aliphatic rings. The SMILES string of the molecule is CNCc1cc(C)ccc1N1CCCOC(C)C1. The fraction of sp³-hybridized carbons (Fsp3) is 0.600. The summed E-state index contributed by atoms with van der Waals surface area (Å²) < 4.78 is 5.72. The van der Waals surface area contributed by atoms with Crippen molar-refractivity contribution < 1.29 is 4.74 Å². The van der Waals surface area contributed by atoms with Crippen molar-refractivity contribution in [3.8, 4) is 0 Å². The van der Waals surface area contributed by atoms with E-state index in [1.165, 1.54) is 16.8 Å². The van der Waals surface area contributed by atoms with E-state index in [1.54, 1.807) is 0 Å². The molecule has 1 aliphatic heterocycles. The molecular weight excluding hydrogens is 224 g/mol.